The van der Waals surface area contributed by atoms with Crippen molar-refractivity contribution < 1.29 is 19.0 Å². The van der Waals surface area contributed by atoms with Gasteiger partial charge in [0.2, 0.25) is 5.95 Å². The maximum absolute atomic E-state index is 16.9. The molecule has 3 N–H and O–H groups in total. The zero-order valence-electron chi connectivity index (χ0n) is 25.6. The monoisotopic (exact) mass is 600 g/mol. The van der Waals surface area contributed by atoms with E-state index in [-0.39, 0.29) is 28.4 Å². The van der Waals surface area contributed by atoms with Crippen molar-refractivity contribution in [3.05, 3.63) is 53.2 Å². The Bertz CT molecular complexity index is 1780. The number of hydrogen-bond acceptors (Lipinski definition) is 8. The molecule has 2 aromatic carbocycles. The summed E-state index contributed by atoms with van der Waals surface area (Å²) in [7, 11) is 1.93. The van der Waals surface area contributed by atoms with Crippen LogP contribution in [0.1, 0.15) is 57.6 Å². The van der Waals surface area contributed by atoms with Crippen molar-refractivity contribution in [3.8, 4) is 23.6 Å². The third kappa shape index (κ3) is 5.56. The highest BCUT2D eigenvalue weighted by Gasteiger charge is 2.31. The second-order valence-electron chi connectivity index (χ2n) is 12.9. The van der Waals surface area contributed by atoms with Gasteiger partial charge in [0.1, 0.15) is 22.8 Å². The molecule has 2 saturated heterocycles. The zero-order chi connectivity index (χ0) is 31.4. The fourth-order valence-electron chi connectivity index (χ4n) is 6.29. The summed E-state index contributed by atoms with van der Waals surface area (Å²) in [6.07, 6.45) is 10.5. The van der Waals surface area contributed by atoms with Crippen molar-refractivity contribution in [2.24, 2.45) is 0 Å². The van der Waals surface area contributed by atoms with Crippen LogP contribution in [0, 0.1) is 24.0 Å². The quantitative estimate of drug-likeness (QED) is 0.270. The first kappa shape index (κ1) is 30.1. The molecule has 8 nitrogen and oxygen atoms in total. The van der Waals surface area contributed by atoms with Gasteiger partial charge in [-0.1, -0.05) is 12.0 Å². The summed E-state index contributed by atoms with van der Waals surface area (Å²) in [5.74, 6) is 2.06. The van der Waals surface area contributed by atoms with Crippen molar-refractivity contribution in [2.45, 2.75) is 63.7 Å². The fourth-order valence-corrected chi connectivity index (χ4v) is 6.29. The summed E-state index contributed by atoms with van der Waals surface area (Å²) >= 11 is 0. The van der Waals surface area contributed by atoms with Crippen molar-refractivity contribution in [1.29, 1.82) is 0 Å². The molecule has 0 amide bonds. The van der Waals surface area contributed by atoms with E-state index < -0.39 is 22.8 Å². The molecular formula is C34H38F2N6O2. The van der Waals surface area contributed by atoms with Crippen molar-refractivity contribution in [3.63, 3.8) is 0 Å². The first-order chi connectivity index (χ1) is 20.9. The molecule has 2 fully saturated rings. The Hall–Kier alpha value is -3.91. The zero-order valence-corrected chi connectivity index (χ0v) is 25.6. The smallest absolute Gasteiger partial charge is 0.228 e. The van der Waals surface area contributed by atoms with Crippen LogP contribution in [0.4, 0.5) is 20.5 Å². The Morgan fingerprint density at radius 2 is 1.95 bits per heavy atom. The van der Waals surface area contributed by atoms with Crippen LogP contribution in [0.3, 0.4) is 0 Å². The van der Waals surface area contributed by atoms with Gasteiger partial charge in [-0.2, -0.15) is 4.98 Å². The number of hydrogen-bond donors (Lipinski definition) is 3. The molecule has 0 bridgehead atoms. The highest BCUT2D eigenvalue weighted by Crippen LogP contribution is 2.39. The Labute approximate surface area is 256 Å². The number of benzene rings is 2. The molecule has 4 heterocycles. The number of likely N-dealkylation sites (N-methyl/N-ethyl adjacent to an activating group) is 1. The lowest BCUT2D eigenvalue weighted by atomic mass is 9.89. The largest absolute Gasteiger partial charge is 0.390 e. The summed E-state index contributed by atoms with van der Waals surface area (Å²) in [4.78, 5) is 18.2. The van der Waals surface area contributed by atoms with Crippen molar-refractivity contribution in [2.75, 3.05) is 43.0 Å². The van der Waals surface area contributed by atoms with Gasteiger partial charge in [-0.3, -0.25) is 4.98 Å². The van der Waals surface area contributed by atoms with E-state index in [1.54, 1.807) is 38.2 Å². The van der Waals surface area contributed by atoms with E-state index in [1.807, 2.05) is 23.8 Å². The minimum atomic E-state index is -1.27. The molecule has 0 spiro atoms. The van der Waals surface area contributed by atoms with Crippen molar-refractivity contribution >= 4 is 33.4 Å². The van der Waals surface area contributed by atoms with Crippen LogP contribution in [0.15, 0.2) is 30.5 Å². The molecule has 0 aliphatic carbocycles. The molecule has 0 saturated carbocycles. The fraction of sp³-hybridized carbons (Fsp3) is 0.441. The van der Waals surface area contributed by atoms with Gasteiger partial charge < -0.3 is 25.3 Å². The van der Waals surface area contributed by atoms with Crippen LogP contribution in [-0.4, -0.2) is 70.0 Å². The SMILES string of the molecule is C#Cc1c(F)ccc2cc(C(C)(C)O)cc(-c3ncc4c(N(C)C[C@H]5CCCN5)nc(N5CCC(C)(O)CC5)nc4c3F)c12. The van der Waals surface area contributed by atoms with Crippen LogP contribution in [-0.2, 0) is 5.60 Å². The second-order valence-corrected chi connectivity index (χ2v) is 12.9. The lowest BCUT2D eigenvalue weighted by molar-refractivity contribution is 0.0349. The molecule has 230 valence electrons. The lowest BCUT2D eigenvalue weighted by Gasteiger charge is -2.36. The van der Waals surface area contributed by atoms with Gasteiger partial charge in [-0.25, -0.2) is 13.8 Å². The first-order valence-electron chi connectivity index (χ1n) is 15.1. The third-order valence-corrected chi connectivity index (χ3v) is 8.97. The van der Waals surface area contributed by atoms with E-state index in [0.717, 1.165) is 19.4 Å². The molecule has 44 heavy (non-hydrogen) atoms. The predicted octanol–water partition coefficient (Wildman–Crippen LogP) is 4.87. The molecule has 2 aliphatic rings. The summed E-state index contributed by atoms with van der Waals surface area (Å²) in [6, 6.07) is 6.47. The van der Waals surface area contributed by atoms with Gasteiger partial charge in [0.25, 0.3) is 0 Å². The second kappa shape index (κ2) is 11.2. The van der Waals surface area contributed by atoms with Crippen LogP contribution in [0.25, 0.3) is 32.9 Å². The molecule has 2 aliphatic heterocycles. The van der Waals surface area contributed by atoms with Gasteiger partial charge in [0.05, 0.1) is 22.2 Å². The number of anilines is 2. The summed E-state index contributed by atoms with van der Waals surface area (Å²) in [5, 5.41) is 26.3. The lowest BCUT2D eigenvalue weighted by Crippen LogP contribution is -2.43. The number of terminal acetylenes is 1. The normalized spacial score (nSPS) is 18.6. The average Bonchev–Trinajstić information content (AvgIpc) is 3.49. The Balaban J connectivity index is 1.58. The molecule has 1 atom stereocenters. The maximum atomic E-state index is 16.9. The number of fused-ring (bicyclic) bond motifs is 2. The van der Waals surface area contributed by atoms with Gasteiger partial charge in [-0.15, -0.1) is 6.42 Å². The molecule has 6 rings (SSSR count). The molecule has 10 heteroatoms. The van der Waals surface area contributed by atoms with Gasteiger partial charge in [0.15, 0.2) is 5.82 Å². The topological polar surface area (TPSA) is 97.6 Å². The maximum Gasteiger partial charge on any atom is 0.228 e. The van der Waals surface area contributed by atoms with Gasteiger partial charge in [0, 0.05) is 49.9 Å². The first-order valence-corrected chi connectivity index (χ1v) is 15.1. The number of nitrogens with zero attached hydrogens (tertiary/aromatic N) is 5. The van der Waals surface area contributed by atoms with E-state index in [2.05, 4.69) is 16.2 Å². The highest BCUT2D eigenvalue weighted by atomic mass is 19.1. The van der Waals surface area contributed by atoms with E-state index in [0.29, 0.717) is 66.0 Å². The Morgan fingerprint density at radius 1 is 1.20 bits per heavy atom. The van der Waals surface area contributed by atoms with Crippen molar-refractivity contribution in [1.82, 2.24) is 20.3 Å². The number of rotatable bonds is 6. The van der Waals surface area contributed by atoms with Crippen LogP contribution >= 0.6 is 0 Å². The molecule has 0 unspecified atom stereocenters. The minimum absolute atomic E-state index is 0.00525. The van der Waals surface area contributed by atoms with Crippen LogP contribution in [0.2, 0.25) is 0 Å². The number of aliphatic hydroxyl groups is 2. The van der Waals surface area contributed by atoms with Gasteiger partial charge in [-0.05, 0) is 82.1 Å². The Kier molecular flexibility index (Phi) is 7.68. The van der Waals surface area contributed by atoms with Gasteiger partial charge >= 0.3 is 0 Å². The molecular weight excluding hydrogens is 562 g/mol. The Morgan fingerprint density at radius 3 is 2.61 bits per heavy atom. The summed E-state index contributed by atoms with van der Waals surface area (Å²) in [6.45, 7) is 7.75. The van der Waals surface area contributed by atoms with Crippen LogP contribution < -0.4 is 15.1 Å². The van der Waals surface area contributed by atoms with Crippen LogP contribution in [0.5, 0.6) is 0 Å². The molecule has 0 radical (unpaired) electrons. The summed E-state index contributed by atoms with van der Waals surface area (Å²) in [5.41, 5.74) is -1.24. The highest BCUT2D eigenvalue weighted by molar-refractivity contribution is 6.02. The van der Waals surface area contributed by atoms with E-state index in [9.17, 15) is 14.6 Å². The third-order valence-electron chi connectivity index (χ3n) is 8.97. The minimum Gasteiger partial charge on any atom is -0.390 e. The van der Waals surface area contributed by atoms with E-state index in [4.69, 9.17) is 16.4 Å². The summed E-state index contributed by atoms with van der Waals surface area (Å²) < 4.78 is 31.9. The average molecular weight is 601 g/mol. The van der Waals surface area contributed by atoms with E-state index in [1.165, 1.54) is 6.07 Å². The molecule has 4 aromatic rings. The number of piperidine rings is 1. The number of nitrogens with one attached hydrogen (secondary N) is 1. The number of aromatic nitrogens is 3. The number of pyridine rings is 1. The number of halogens is 2. The van der Waals surface area contributed by atoms with E-state index >= 15 is 4.39 Å². The predicted molar refractivity (Wildman–Crippen MR) is 170 cm³/mol. The standard InChI is InChI=1S/C34H38F2N6O2/c1-6-23-26(35)10-9-20-16-21(33(2,3)43)17-24(27(20)23)29-28(36)30-25(18-38-29)31(41(5)19-22-8-7-13-37-22)40-32(39-30)42-14-11-34(4,44)12-15-42/h1,9-10,16-18,22,37,43-44H,7-8,11-15,19H2,2-5H3/t22-/m1/s1. The molecule has 2 aromatic heterocycles.